The van der Waals surface area contributed by atoms with Crippen molar-refractivity contribution in [1.29, 1.82) is 0 Å². The highest BCUT2D eigenvalue weighted by molar-refractivity contribution is 5.75. The fraction of sp³-hybridized carbons (Fsp3) is 0.833. The van der Waals surface area contributed by atoms with Crippen LogP contribution in [0.25, 0.3) is 0 Å². The van der Waals surface area contributed by atoms with E-state index in [4.69, 9.17) is 4.74 Å². The summed E-state index contributed by atoms with van der Waals surface area (Å²) in [4.78, 5) is 25.8. The van der Waals surface area contributed by atoms with Gasteiger partial charge in [0.25, 0.3) is 0 Å². The van der Waals surface area contributed by atoms with Gasteiger partial charge in [-0.3, -0.25) is 9.59 Å². The van der Waals surface area contributed by atoms with Gasteiger partial charge in [0, 0.05) is 33.5 Å². The Bertz CT molecular complexity index is 242. The molecule has 5 nitrogen and oxygen atoms in total. The second-order valence-electron chi connectivity index (χ2n) is 4.27. The molecule has 0 heterocycles. The van der Waals surface area contributed by atoms with Crippen molar-refractivity contribution in [2.24, 2.45) is 0 Å². The summed E-state index contributed by atoms with van der Waals surface area (Å²) >= 11 is 0. The Morgan fingerprint density at radius 3 is 2.29 bits per heavy atom. The molecule has 0 saturated carbocycles. The Hall–Kier alpha value is -1.10. The van der Waals surface area contributed by atoms with E-state index in [0.29, 0.717) is 26.0 Å². The molecule has 0 aromatic rings. The van der Waals surface area contributed by atoms with Gasteiger partial charge in [0.1, 0.15) is 6.61 Å². The van der Waals surface area contributed by atoms with Crippen LogP contribution < -0.4 is 0 Å². The smallest absolute Gasteiger partial charge is 0.305 e. The lowest BCUT2D eigenvalue weighted by Crippen LogP contribution is -2.27. The van der Waals surface area contributed by atoms with Crippen LogP contribution in [0.4, 0.5) is 0 Å². The van der Waals surface area contributed by atoms with Gasteiger partial charge >= 0.3 is 5.97 Å². The van der Waals surface area contributed by atoms with E-state index in [-0.39, 0.29) is 11.9 Å². The summed E-state index contributed by atoms with van der Waals surface area (Å²) < 4.78 is 4.97. The summed E-state index contributed by atoms with van der Waals surface area (Å²) in [6.07, 6.45) is 1.81. The van der Waals surface area contributed by atoms with Crippen LogP contribution in [0.15, 0.2) is 0 Å². The van der Waals surface area contributed by atoms with Crippen LogP contribution in [0.2, 0.25) is 0 Å². The molecule has 5 heteroatoms. The molecule has 0 aliphatic heterocycles. The number of nitrogens with zero attached hydrogens (tertiary/aromatic N) is 2. The summed E-state index contributed by atoms with van der Waals surface area (Å²) in [6, 6.07) is 0. The molecule has 0 saturated heterocycles. The number of carbonyl (C=O) groups excluding carboxylic acids is 2. The predicted octanol–water partition coefficient (Wildman–Crippen LogP) is 0.740. The summed E-state index contributed by atoms with van der Waals surface area (Å²) in [5.74, 6) is -0.0167. The average molecular weight is 244 g/mol. The van der Waals surface area contributed by atoms with Crippen LogP contribution >= 0.6 is 0 Å². The van der Waals surface area contributed by atoms with Gasteiger partial charge in [-0.2, -0.15) is 0 Å². The molecular weight excluding hydrogens is 220 g/mol. The lowest BCUT2D eigenvalue weighted by atomic mass is 10.2. The molecule has 0 aliphatic carbocycles. The number of esters is 1. The quantitative estimate of drug-likeness (QED) is 0.591. The maximum atomic E-state index is 11.3. The van der Waals surface area contributed by atoms with Gasteiger partial charge in [0.15, 0.2) is 0 Å². The van der Waals surface area contributed by atoms with Crippen LogP contribution in [0.3, 0.4) is 0 Å². The van der Waals surface area contributed by atoms with E-state index < -0.39 is 0 Å². The number of hydrogen-bond acceptors (Lipinski definition) is 4. The van der Waals surface area contributed by atoms with Gasteiger partial charge in [-0.25, -0.2) is 0 Å². The summed E-state index contributed by atoms with van der Waals surface area (Å²) in [6.45, 7) is 3.74. The normalized spacial score (nSPS) is 10.4. The van der Waals surface area contributed by atoms with E-state index in [1.54, 1.807) is 25.9 Å². The first-order chi connectivity index (χ1) is 7.97. The number of ether oxygens (including phenoxy) is 1. The maximum Gasteiger partial charge on any atom is 0.305 e. The molecule has 0 unspecified atom stereocenters. The zero-order valence-electron chi connectivity index (χ0n) is 11.4. The molecule has 0 aliphatic rings. The molecule has 0 atom stereocenters. The van der Waals surface area contributed by atoms with Crippen molar-refractivity contribution in [1.82, 2.24) is 9.80 Å². The topological polar surface area (TPSA) is 49.9 Å². The third-order valence-corrected chi connectivity index (χ3v) is 2.45. The molecule has 0 radical (unpaired) electrons. The second-order valence-corrected chi connectivity index (χ2v) is 4.27. The van der Waals surface area contributed by atoms with Gasteiger partial charge in [0.05, 0.1) is 0 Å². The molecule has 0 spiro atoms. The molecule has 0 bridgehead atoms. The highest BCUT2D eigenvalue weighted by Crippen LogP contribution is 1.96. The van der Waals surface area contributed by atoms with Crippen LogP contribution in [0.1, 0.15) is 26.2 Å². The van der Waals surface area contributed by atoms with Crippen molar-refractivity contribution in [3.8, 4) is 0 Å². The van der Waals surface area contributed by atoms with Crippen molar-refractivity contribution < 1.29 is 14.3 Å². The molecule has 100 valence electrons. The van der Waals surface area contributed by atoms with Gasteiger partial charge < -0.3 is 14.5 Å². The van der Waals surface area contributed by atoms with E-state index in [9.17, 15) is 9.59 Å². The number of likely N-dealkylation sites (N-methyl/N-ethyl adjacent to an activating group) is 1. The first-order valence-electron chi connectivity index (χ1n) is 6.01. The third-order valence-electron chi connectivity index (χ3n) is 2.45. The number of amides is 1. The minimum absolute atomic E-state index is 0.149. The third kappa shape index (κ3) is 8.68. The van der Waals surface area contributed by atoms with Crippen LogP contribution in [-0.4, -0.2) is 62.5 Å². The maximum absolute atomic E-state index is 11.3. The molecule has 17 heavy (non-hydrogen) atoms. The van der Waals surface area contributed by atoms with Crippen molar-refractivity contribution in [2.45, 2.75) is 26.2 Å². The second kappa shape index (κ2) is 8.98. The van der Waals surface area contributed by atoms with Crippen LogP contribution in [0.5, 0.6) is 0 Å². The summed E-state index contributed by atoms with van der Waals surface area (Å²) in [7, 11) is 5.48. The molecule has 0 fully saturated rings. The number of rotatable bonds is 8. The van der Waals surface area contributed by atoms with Crippen molar-refractivity contribution in [2.75, 3.05) is 40.8 Å². The van der Waals surface area contributed by atoms with E-state index in [1.165, 1.54) is 0 Å². The van der Waals surface area contributed by atoms with E-state index in [2.05, 4.69) is 4.90 Å². The van der Waals surface area contributed by atoms with Crippen molar-refractivity contribution >= 4 is 11.9 Å². The SMILES string of the molecule is CCC(=O)OCCN(C)CCCC(=O)N(C)C. The van der Waals surface area contributed by atoms with E-state index in [0.717, 1.165) is 13.0 Å². The highest BCUT2D eigenvalue weighted by Gasteiger charge is 2.05. The standard InChI is InChI=1S/C12H24N2O3/c1-5-12(16)17-10-9-14(4)8-6-7-11(15)13(2)3/h5-10H2,1-4H3. The molecule has 0 aromatic heterocycles. The predicted molar refractivity (Wildman–Crippen MR) is 66.7 cm³/mol. The highest BCUT2D eigenvalue weighted by atomic mass is 16.5. The minimum atomic E-state index is -0.166. The Morgan fingerprint density at radius 1 is 1.12 bits per heavy atom. The monoisotopic (exact) mass is 244 g/mol. The molecule has 0 N–H and O–H groups in total. The van der Waals surface area contributed by atoms with Crippen LogP contribution in [-0.2, 0) is 14.3 Å². The Kier molecular flexibility index (Phi) is 8.40. The Labute approximate surface area is 104 Å². The molecule has 0 aromatic carbocycles. The molecular formula is C12H24N2O3. The Morgan fingerprint density at radius 2 is 1.76 bits per heavy atom. The zero-order chi connectivity index (χ0) is 13.3. The largest absolute Gasteiger partial charge is 0.464 e. The molecule has 1 amide bonds. The first-order valence-corrected chi connectivity index (χ1v) is 6.01. The van der Waals surface area contributed by atoms with Gasteiger partial charge in [0.2, 0.25) is 5.91 Å². The van der Waals surface area contributed by atoms with E-state index in [1.807, 2.05) is 7.05 Å². The fourth-order valence-electron chi connectivity index (χ4n) is 1.25. The lowest BCUT2D eigenvalue weighted by Gasteiger charge is -2.17. The number of hydrogen-bond donors (Lipinski definition) is 0. The molecule has 0 rings (SSSR count). The van der Waals surface area contributed by atoms with Crippen molar-refractivity contribution in [3.63, 3.8) is 0 Å². The van der Waals surface area contributed by atoms with E-state index >= 15 is 0 Å². The van der Waals surface area contributed by atoms with Gasteiger partial charge in [-0.05, 0) is 20.0 Å². The average Bonchev–Trinajstić information content (AvgIpc) is 2.28. The summed E-state index contributed by atoms with van der Waals surface area (Å²) in [5, 5.41) is 0. The minimum Gasteiger partial charge on any atom is -0.464 e. The fourth-order valence-corrected chi connectivity index (χ4v) is 1.25. The first kappa shape index (κ1) is 15.9. The summed E-state index contributed by atoms with van der Waals surface area (Å²) in [5.41, 5.74) is 0. The van der Waals surface area contributed by atoms with Crippen LogP contribution in [0, 0.1) is 0 Å². The van der Waals surface area contributed by atoms with Gasteiger partial charge in [-0.1, -0.05) is 6.92 Å². The zero-order valence-corrected chi connectivity index (χ0v) is 11.4. The van der Waals surface area contributed by atoms with Gasteiger partial charge in [-0.15, -0.1) is 0 Å². The number of carbonyl (C=O) groups is 2. The lowest BCUT2D eigenvalue weighted by molar-refractivity contribution is -0.143. The van der Waals surface area contributed by atoms with Crippen molar-refractivity contribution in [3.05, 3.63) is 0 Å². The Balaban J connectivity index is 3.50.